The Morgan fingerprint density at radius 1 is 0.800 bits per heavy atom. The van der Waals surface area contributed by atoms with Crippen molar-refractivity contribution in [1.82, 2.24) is 4.90 Å². The van der Waals surface area contributed by atoms with Crippen molar-refractivity contribution in [3.05, 3.63) is 108 Å². The highest BCUT2D eigenvalue weighted by Crippen LogP contribution is 2.57. The van der Waals surface area contributed by atoms with Crippen LogP contribution in [0.3, 0.4) is 0 Å². The zero-order valence-corrected chi connectivity index (χ0v) is 17.2. The molecule has 1 saturated heterocycles. The molecular weight excluding hydrogens is 368 g/mol. The van der Waals surface area contributed by atoms with E-state index in [1.807, 2.05) is 36.4 Å². The zero-order valence-electron chi connectivity index (χ0n) is 17.2. The molecule has 1 heterocycles. The molecule has 152 valence electrons. The van der Waals surface area contributed by atoms with Gasteiger partial charge in [0.25, 0.3) is 0 Å². The summed E-state index contributed by atoms with van der Waals surface area (Å²) in [7, 11) is 0. The highest BCUT2D eigenvalue weighted by atomic mass is 16.1. The Morgan fingerprint density at radius 3 is 1.73 bits per heavy atom. The maximum atomic E-state index is 13.0. The molecule has 1 saturated carbocycles. The molecule has 2 atom stereocenters. The van der Waals surface area contributed by atoms with E-state index in [0.717, 1.165) is 37.2 Å². The van der Waals surface area contributed by atoms with Crippen LogP contribution in [0.4, 0.5) is 0 Å². The Balaban J connectivity index is 1.37. The standard InChI is InChI=1S/C27H28N2O/c28-26(30)27(21-12-6-2-7-13-21,22-14-8-3-9-15-22)16-23-24-18-29(19-25(23)24)17-20-10-4-1-5-11-20/h1-15,23-25H,16-19H2,(H2,28,30). The Kier molecular flexibility index (Phi) is 4.92. The lowest BCUT2D eigenvalue weighted by Gasteiger charge is -2.33. The van der Waals surface area contributed by atoms with E-state index in [4.69, 9.17) is 5.73 Å². The quantitative estimate of drug-likeness (QED) is 0.650. The number of hydrogen-bond donors (Lipinski definition) is 1. The van der Waals surface area contributed by atoms with Crippen LogP contribution in [-0.2, 0) is 16.8 Å². The van der Waals surface area contributed by atoms with Crippen molar-refractivity contribution in [2.75, 3.05) is 13.1 Å². The molecule has 2 unspecified atom stereocenters. The first kappa shape index (κ1) is 19.1. The van der Waals surface area contributed by atoms with E-state index in [1.165, 1.54) is 5.56 Å². The van der Waals surface area contributed by atoms with Crippen LogP contribution in [0.5, 0.6) is 0 Å². The van der Waals surface area contributed by atoms with Gasteiger partial charge in [-0.25, -0.2) is 0 Å². The second-order valence-electron chi connectivity index (χ2n) is 8.88. The van der Waals surface area contributed by atoms with Crippen molar-refractivity contribution in [3.8, 4) is 0 Å². The highest BCUT2D eigenvalue weighted by Gasteiger charge is 2.59. The van der Waals surface area contributed by atoms with Crippen molar-refractivity contribution in [2.24, 2.45) is 23.5 Å². The van der Waals surface area contributed by atoms with Crippen molar-refractivity contribution in [3.63, 3.8) is 0 Å². The first-order valence-corrected chi connectivity index (χ1v) is 10.9. The van der Waals surface area contributed by atoms with Gasteiger partial charge in [0.2, 0.25) is 5.91 Å². The molecule has 5 rings (SSSR count). The SMILES string of the molecule is NC(=O)C(CC1C2CN(Cc3ccccc3)CC21)(c1ccccc1)c1ccccc1. The first-order valence-electron chi connectivity index (χ1n) is 10.9. The van der Waals surface area contributed by atoms with Gasteiger partial charge in [0, 0.05) is 19.6 Å². The third-order valence-electron chi connectivity index (χ3n) is 7.19. The second-order valence-corrected chi connectivity index (χ2v) is 8.88. The van der Waals surface area contributed by atoms with Crippen LogP contribution >= 0.6 is 0 Å². The van der Waals surface area contributed by atoms with Crippen LogP contribution in [0.15, 0.2) is 91.0 Å². The Hall–Kier alpha value is -2.91. The van der Waals surface area contributed by atoms with E-state index in [-0.39, 0.29) is 5.91 Å². The molecule has 1 aliphatic heterocycles. The molecule has 3 nitrogen and oxygen atoms in total. The molecule has 1 aliphatic carbocycles. The Labute approximate surface area is 178 Å². The fourth-order valence-corrected chi connectivity index (χ4v) is 5.60. The van der Waals surface area contributed by atoms with Gasteiger partial charge in [0.05, 0.1) is 5.41 Å². The summed E-state index contributed by atoms with van der Waals surface area (Å²) in [5, 5.41) is 0. The summed E-state index contributed by atoms with van der Waals surface area (Å²) >= 11 is 0. The number of likely N-dealkylation sites (tertiary alicyclic amines) is 1. The molecule has 0 radical (unpaired) electrons. The average Bonchev–Trinajstić information content (AvgIpc) is 3.22. The van der Waals surface area contributed by atoms with E-state index < -0.39 is 5.41 Å². The number of rotatable bonds is 7. The third kappa shape index (κ3) is 3.33. The summed E-state index contributed by atoms with van der Waals surface area (Å²) in [6, 6.07) is 30.9. The largest absolute Gasteiger partial charge is 0.369 e. The maximum absolute atomic E-state index is 13.0. The van der Waals surface area contributed by atoms with Crippen LogP contribution < -0.4 is 5.73 Å². The van der Waals surface area contributed by atoms with E-state index in [9.17, 15) is 4.79 Å². The first-order chi connectivity index (χ1) is 14.7. The van der Waals surface area contributed by atoms with E-state index in [1.54, 1.807) is 0 Å². The van der Waals surface area contributed by atoms with Gasteiger partial charge in [-0.2, -0.15) is 0 Å². The predicted molar refractivity (Wildman–Crippen MR) is 120 cm³/mol. The number of benzene rings is 3. The minimum atomic E-state index is -0.762. The van der Waals surface area contributed by atoms with E-state index >= 15 is 0 Å². The number of fused-ring (bicyclic) bond motifs is 1. The third-order valence-corrected chi connectivity index (χ3v) is 7.19. The molecule has 0 bridgehead atoms. The number of primary amides is 1. The lowest BCUT2D eigenvalue weighted by atomic mass is 9.69. The van der Waals surface area contributed by atoms with Gasteiger partial charge in [-0.05, 0) is 40.9 Å². The summed E-state index contributed by atoms with van der Waals surface area (Å²) in [5.74, 6) is 1.63. The lowest BCUT2D eigenvalue weighted by molar-refractivity contribution is -0.122. The van der Waals surface area contributed by atoms with Gasteiger partial charge >= 0.3 is 0 Å². The molecule has 2 N–H and O–H groups in total. The minimum absolute atomic E-state index is 0.244. The van der Waals surface area contributed by atoms with Gasteiger partial charge < -0.3 is 5.73 Å². The number of piperidine rings is 1. The highest BCUT2D eigenvalue weighted by molar-refractivity contribution is 5.91. The van der Waals surface area contributed by atoms with Crippen LogP contribution in [0.2, 0.25) is 0 Å². The van der Waals surface area contributed by atoms with Gasteiger partial charge in [-0.1, -0.05) is 91.0 Å². The fraction of sp³-hybridized carbons (Fsp3) is 0.296. The molecule has 3 aromatic rings. The summed E-state index contributed by atoms with van der Waals surface area (Å²) < 4.78 is 0. The molecule has 0 spiro atoms. The van der Waals surface area contributed by atoms with Crippen LogP contribution in [0.25, 0.3) is 0 Å². The van der Waals surface area contributed by atoms with Crippen LogP contribution in [-0.4, -0.2) is 23.9 Å². The van der Waals surface area contributed by atoms with Crippen molar-refractivity contribution < 1.29 is 4.79 Å². The summed E-state index contributed by atoms with van der Waals surface area (Å²) in [5.41, 5.74) is 8.77. The maximum Gasteiger partial charge on any atom is 0.232 e. The normalized spacial score (nSPS) is 23.1. The molecule has 30 heavy (non-hydrogen) atoms. The molecule has 3 heteroatoms. The number of amides is 1. The fourth-order valence-electron chi connectivity index (χ4n) is 5.60. The molecule has 1 amide bonds. The van der Waals surface area contributed by atoms with Crippen LogP contribution in [0, 0.1) is 17.8 Å². The summed E-state index contributed by atoms with van der Waals surface area (Å²) in [6.07, 6.45) is 0.796. The molecular formula is C27H28N2O. The number of carbonyl (C=O) groups excluding carboxylic acids is 1. The van der Waals surface area contributed by atoms with E-state index in [2.05, 4.69) is 59.5 Å². The smallest absolute Gasteiger partial charge is 0.232 e. The predicted octanol–water partition coefficient (Wildman–Crippen LogP) is 4.23. The number of carbonyl (C=O) groups is 1. The zero-order chi connectivity index (χ0) is 20.6. The average molecular weight is 397 g/mol. The van der Waals surface area contributed by atoms with Gasteiger partial charge in [0.15, 0.2) is 0 Å². The molecule has 3 aromatic carbocycles. The molecule has 2 aliphatic rings. The van der Waals surface area contributed by atoms with Crippen LogP contribution in [0.1, 0.15) is 23.1 Å². The molecule has 2 fully saturated rings. The van der Waals surface area contributed by atoms with E-state index in [0.29, 0.717) is 17.8 Å². The van der Waals surface area contributed by atoms with Crippen molar-refractivity contribution in [2.45, 2.75) is 18.4 Å². The Morgan fingerprint density at radius 2 is 1.27 bits per heavy atom. The lowest BCUT2D eigenvalue weighted by Crippen LogP contribution is -2.43. The topological polar surface area (TPSA) is 46.3 Å². The minimum Gasteiger partial charge on any atom is -0.369 e. The monoisotopic (exact) mass is 396 g/mol. The van der Waals surface area contributed by atoms with Crippen molar-refractivity contribution in [1.29, 1.82) is 0 Å². The van der Waals surface area contributed by atoms with Crippen molar-refractivity contribution >= 4 is 5.91 Å². The summed E-state index contributed by atoms with van der Waals surface area (Å²) in [6.45, 7) is 3.24. The van der Waals surface area contributed by atoms with Gasteiger partial charge in [0.1, 0.15) is 0 Å². The summed E-state index contributed by atoms with van der Waals surface area (Å²) in [4.78, 5) is 15.6. The van der Waals surface area contributed by atoms with Gasteiger partial charge in [-0.3, -0.25) is 9.69 Å². The van der Waals surface area contributed by atoms with Gasteiger partial charge in [-0.15, -0.1) is 0 Å². The number of hydrogen-bond acceptors (Lipinski definition) is 2. The molecule has 0 aromatic heterocycles. The number of nitrogens with zero attached hydrogens (tertiary/aromatic N) is 1. The number of nitrogens with two attached hydrogens (primary N) is 1. The second kappa shape index (κ2) is 7.73. The Bertz CT molecular complexity index is 951.